The lowest BCUT2D eigenvalue weighted by Crippen LogP contribution is -2.22. The van der Waals surface area contributed by atoms with Gasteiger partial charge in [-0.2, -0.15) is 0 Å². The summed E-state index contributed by atoms with van der Waals surface area (Å²) in [7, 11) is 0. The van der Waals surface area contributed by atoms with E-state index in [1.54, 1.807) is 0 Å². The molecule has 0 saturated carbocycles. The Labute approximate surface area is 145 Å². The standard InChI is InChI=1S/C23H26O/c1-16-5-7-18(8-6-16)20-11-13-23(3,4)22-10-9-19(15-21(20)22)17(2)12-14-24/h5-11,14-15,17H,12-13H2,1-4H3. The molecule has 1 unspecified atom stereocenters. The van der Waals surface area contributed by atoms with E-state index in [0.29, 0.717) is 6.42 Å². The van der Waals surface area contributed by atoms with Crippen molar-refractivity contribution in [2.45, 2.75) is 51.9 Å². The number of allylic oxidation sites excluding steroid dienone is 1. The number of aldehydes is 1. The van der Waals surface area contributed by atoms with Gasteiger partial charge in [-0.05, 0) is 52.5 Å². The van der Waals surface area contributed by atoms with Crippen molar-refractivity contribution < 1.29 is 4.79 Å². The molecule has 1 aliphatic rings. The molecule has 2 aromatic carbocycles. The van der Waals surface area contributed by atoms with Gasteiger partial charge in [0.2, 0.25) is 0 Å². The zero-order valence-corrected chi connectivity index (χ0v) is 15.1. The smallest absolute Gasteiger partial charge is 0.120 e. The summed E-state index contributed by atoms with van der Waals surface area (Å²) >= 11 is 0. The lowest BCUT2D eigenvalue weighted by molar-refractivity contribution is -0.108. The third-order valence-corrected chi connectivity index (χ3v) is 5.26. The van der Waals surface area contributed by atoms with Crippen molar-refractivity contribution in [1.29, 1.82) is 0 Å². The van der Waals surface area contributed by atoms with Crippen LogP contribution in [0, 0.1) is 6.92 Å². The summed E-state index contributed by atoms with van der Waals surface area (Å²) in [5.41, 5.74) is 8.01. The molecule has 0 aliphatic heterocycles. The van der Waals surface area contributed by atoms with Crippen LogP contribution in [-0.4, -0.2) is 6.29 Å². The minimum Gasteiger partial charge on any atom is -0.303 e. The van der Waals surface area contributed by atoms with E-state index in [1.807, 2.05) is 0 Å². The molecule has 1 atom stereocenters. The van der Waals surface area contributed by atoms with Crippen LogP contribution in [0.1, 0.15) is 67.3 Å². The molecule has 0 N–H and O–H groups in total. The number of rotatable bonds is 4. The molecular weight excluding hydrogens is 292 g/mol. The second-order valence-electron chi connectivity index (χ2n) is 7.68. The van der Waals surface area contributed by atoms with Crippen LogP contribution in [0.2, 0.25) is 0 Å². The van der Waals surface area contributed by atoms with E-state index in [1.165, 1.54) is 33.4 Å². The fraction of sp³-hybridized carbons (Fsp3) is 0.348. The topological polar surface area (TPSA) is 17.1 Å². The van der Waals surface area contributed by atoms with Crippen molar-refractivity contribution in [2.75, 3.05) is 0 Å². The lowest BCUT2D eigenvalue weighted by Gasteiger charge is -2.33. The first-order chi connectivity index (χ1) is 11.4. The van der Waals surface area contributed by atoms with Gasteiger partial charge in [0.1, 0.15) is 6.29 Å². The molecule has 0 fully saturated rings. The van der Waals surface area contributed by atoms with Crippen LogP contribution >= 0.6 is 0 Å². The average Bonchev–Trinajstić information content (AvgIpc) is 2.56. The highest BCUT2D eigenvalue weighted by molar-refractivity contribution is 5.84. The van der Waals surface area contributed by atoms with Crippen molar-refractivity contribution in [3.63, 3.8) is 0 Å². The van der Waals surface area contributed by atoms with Crippen LogP contribution in [-0.2, 0) is 10.2 Å². The van der Waals surface area contributed by atoms with E-state index in [-0.39, 0.29) is 11.3 Å². The summed E-state index contributed by atoms with van der Waals surface area (Å²) in [6.45, 7) is 8.86. The van der Waals surface area contributed by atoms with Crippen LogP contribution in [0.25, 0.3) is 5.57 Å². The van der Waals surface area contributed by atoms with Crippen LogP contribution in [0.15, 0.2) is 48.5 Å². The molecule has 0 amide bonds. The first kappa shape index (κ1) is 16.7. The quantitative estimate of drug-likeness (QED) is 0.651. The van der Waals surface area contributed by atoms with Gasteiger partial charge in [-0.3, -0.25) is 0 Å². The predicted octanol–water partition coefficient (Wildman–Crippen LogP) is 5.80. The second kappa shape index (κ2) is 6.39. The highest BCUT2D eigenvalue weighted by Gasteiger charge is 2.29. The molecule has 3 rings (SSSR count). The summed E-state index contributed by atoms with van der Waals surface area (Å²) in [5.74, 6) is 0.261. The largest absolute Gasteiger partial charge is 0.303 e. The normalized spacial score (nSPS) is 16.9. The molecule has 24 heavy (non-hydrogen) atoms. The molecule has 0 aromatic heterocycles. The van der Waals surface area contributed by atoms with Gasteiger partial charge in [0.25, 0.3) is 0 Å². The van der Waals surface area contributed by atoms with E-state index in [9.17, 15) is 4.79 Å². The molecule has 1 aliphatic carbocycles. The number of carbonyl (C=O) groups excluding carboxylic acids is 1. The van der Waals surface area contributed by atoms with Gasteiger partial charge in [0.05, 0.1) is 0 Å². The molecule has 0 radical (unpaired) electrons. The highest BCUT2D eigenvalue weighted by atomic mass is 16.1. The maximum atomic E-state index is 10.9. The van der Waals surface area contributed by atoms with Crippen LogP contribution in [0.4, 0.5) is 0 Å². The Morgan fingerprint density at radius 1 is 1.12 bits per heavy atom. The summed E-state index contributed by atoms with van der Waals surface area (Å²) in [6.07, 6.45) is 5.02. The molecule has 0 saturated heterocycles. The first-order valence-corrected chi connectivity index (χ1v) is 8.78. The number of carbonyl (C=O) groups is 1. The molecular formula is C23H26O. The Morgan fingerprint density at radius 2 is 1.83 bits per heavy atom. The minimum atomic E-state index is 0.149. The van der Waals surface area contributed by atoms with Crippen molar-refractivity contribution in [1.82, 2.24) is 0 Å². The lowest BCUT2D eigenvalue weighted by atomic mass is 9.71. The fourth-order valence-corrected chi connectivity index (χ4v) is 3.55. The Bertz CT molecular complexity index is 778. The number of aryl methyl sites for hydroxylation is 1. The van der Waals surface area contributed by atoms with Gasteiger partial charge >= 0.3 is 0 Å². The van der Waals surface area contributed by atoms with Gasteiger partial charge in [-0.1, -0.05) is 74.9 Å². The highest BCUT2D eigenvalue weighted by Crippen LogP contribution is 2.42. The van der Waals surface area contributed by atoms with Crippen LogP contribution < -0.4 is 0 Å². The average molecular weight is 318 g/mol. The number of fused-ring (bicyclic) bond motifs is 1. The summed E-state index contributed by atoms with van der Waals surface area (Å²) in [6, 6.07) is 15.6. The number of hydrogen-bond donors (Lipinski definition) is 0. The van der Waals surface area contributed by atoms with Crippen molar-refractivity contribution in [2.24, 2.45) is 0 Å². The van der Waals surface area contributed by atoms with Crippen molar-refractivity contribution in [3.8, 4) is 0 Å². The van der Waals surface area contributed by atoms with E-state index in [0.717, 1.165) is 12.7 Å². The Hall–Kier alpha value is -2.15. The van der Waals surface area contributed by atoms with E-state index < -0.39 is 0 Å². The predicted molar refractivity (Wildman–Crippen MR) is 101 cm³/mol. The molecule has 1 nitrogen and oxygen atoms in total. The van der Waals surface area contributed by atoms with Gasteiger partial charge < -0.3 is 4.79 Å². The van der Waals surface area contributed by atoms with Crippen LogP contribution in [0.5, 0.6) is 0 Å². The molecule has 1 heteroatoms. The maximum Gasteiger partial charge on any atom is 0.120 e. The van der Waals surface area contributed by atoms with E-state index in [4.69, 9.17) is 0 Å². The van der Waals surface area contributed by atoms with E-state index >= 15 is 0 Å². The molecule has 0 heterocycles. The van der Waals surface area contributed by atoms with Gasteiger partial charge in [-0.15, -0.1) is 0 Å². The molecule has 2 aromatic rings. The molecule has 0 spiro atoms. The zero-order valence-electron chi connectivity index (χ0n) is 15.1. The third kappa shape index (κ3) is 3.08. The third-order valence-electron chi connectivity index (χ3n) is 5.26. The van der Waals surface area contributed by atoms with Gasteiger partial charge in [0, 0.05) is 6.42 Å². The Morgan fingerprint density at radius 3 is 2.50 bits per heavy atom. The summed E-state index contributed by atoms with van der Waals surface area (Å²) in [4.78, 5) is 10.9. The SMILES string of the molecule is Cc1ccc(C2=CCC(C)(C)c3ccc(C(C)CC=O)cc32)cc1. The maximum absolute atomic E-state index is 10.9. The zero-order chi connectivity index (χ0) is 17.3. The van der Waals surface area contributed by atoms with Crippen molar-refractivity contribution in [3.05, 3.63) is 76.4 Å². The summed E-state index contributed by atoms with van der Waals surface area (Å²) < 4.78 is 0. The number of hydrogen-bond acceptors (Lipinski definition) is 1. The number of benzene rings is 2. The van der Waals surface area contributed by atoms with E-state index in [2.05, 4.69) is 76.2 Å². The minimum absolute atomic E-state index is 0.149. The molecule has 124 valence electrons. The second-order valence-corrected chi connectivity index (χ2v) is 7.68. The van der Waals surface area contributed by atoms with Crippen molar-refractivity contribution >= 4 is 11.9 Å². The molecule has 0 bridgehead atoms. The van der Waals surface area contributed by atoms with Crippen LogP contribution in [0.3, 0.4) is 0 Å². The Kier molecular flexibility index (Phi) is 4.45. The first-order valence-electron chi connectivity index (χ1n) is 8.78. The van der Waals surface area contributed by atoms with Gasteiger partial charge in [0.15, 0.2) is 0 Å². The van der Waals surface area contributed by atoms with Gasteiger partial charge in [-0.25, -0.2) is 0 Å². The fourth-order valence-electron chi connectivity index (χ4n) is 3.55. The Balaban J connectivity index is 2.11. The summed E-state index contributed by atoms with van der Waals surface area (Å²) in [5, 5.41) is 0. The monoisotopic (exact) mass is 318 g/mol.